The molecule has 0 aromatic heterocycles. The van der Waals surface area contributed by atoms with Crippen LogP contribution in [0.1, 0.15) is 36.6 Å². The second kappa shape index (κ2) is 12.2. The number of hydrogen-bond acceptors (Lipinski definition) is 5. The molecule has 0 fully saturated rings. The van der Waals surface area contributed by atoms with Gasteiger partial charge < -0.3 is 10.1 Å². The quantitative estimate of drug-likeness (QED) is 0.107. The van der Waals surface area contributed by atoms with Crippen LogP contribution in [0.15, 0.2) is 111 Å². The topological polar surface area (TPSA) is 96.9 Å². The maximum Gasteiger partial charge on any atom is 0.343 e. The molecule has 0 saturated carbocycles. The largest absolute Gasteiger partial charge is 0.422 e. The van der Waals surface area contributed by atoms with E-state index in [0.717, 1.165) is 8.95 Å². The fourth-order valence-corrected chi connectivity index (χ4v) is 3.69. The summed E-state index contributed by atoms with van der Waals surface area (Å²) >= 11 is 6.67. The Kier molecular flexibility index (Phi) is 8.60. The molecule has 2 N–H and O–H groups in total. The van der Waals surface area contributed by atoms with Crippen molar-refractivity contribution in [3.05, 3.63) is 128 Å². The summed E-state index contributed by atoms with van der Waals surface area (Å²) in [4.78, 5) is 37.3. The van der Waals surface area contributed by atoms with E-state index in [2.05, 4.69) is 47.7 Å². The van der Waals surface area contributed by atoms with Crippen molar-refractivity contribution in [2.75, 3.05) is 5.32 Å². The maximum absolute atomic E-state index is 12.5. The fraction of sp³-hybridized carbons (Fsp3) is 0. The van der Waals surface area contributed by atoms with Gasteiger partial charge in [0.2, 0.25) is 0 Å². The standard InChI is InChI=1S/C28H19Br2N3O4/c29-22-11-5-18(6-12-22)26(34)32-24-15-9-19(10-16-24)27(35)33-31-17-21-3-1-2-4-25(21)37-28(36)20-7-13-23(30)14-8-20/h1-17H,(H,32,34)(H,33,35)/b31-17-. The lowest BCUT2D eigenvalue weighted by Crippen LogP contribution is -2.18. The second-order valence-corrected chi connectivity index (χ2v) is 9.50. The summed E-state index contributed by atoms with van der Waals surface area (Å²) in [7, 11) is 0. The number of nitrogens with one attached hydrogen (secondary N) is 2. The summed E-state index contributed by atoms with van der Waals surface area (Å²) < 4.78 is 7.24. The Balaban J connectivity index is 1.35. The minimum absolute atomic E-state index is 0.256. The van der Waals surface area contributed by atoms with Gasteiger partial charge in [0.25, 0.3) is 11.8 Å². The average molecular weight is 621 g/mol. The lowest BCUT2D eigenvalue weighted by atomic mass is 10.1. The first kappa shape index (κ1) is 26.0. The normalized spacial score (nSPS) is 10.6. The highest BCUT2D eigenvalue weighted by Gasteiger charge is 2.11. The van der Waals surface area contributed by atoms with Gasteiger partial charge in [0, 0.05) is 31.3 Å². The molecule has 0 aliphatic heterocycles. The van der Waals surface area contributed by atoms with Crippen molar-refractivity contribution in [2.24, 2.45) is 5.10 Å². The van der Waals surface area contributed by atoms with E-state index in [1.165, 1.54) is 6.21 Å². The average Bonchev–Trinajstić information content (AvgIpc) is 2.90. The summed E-state index contributed by atoms with van der Waals surface area (Å²) in [6.07, 6.45) is 1.40. The van der Waals surface area contributed by atoms with E-state index in [1.807, 2.05) is 0 Å². The van der Waals surface area contributed by atoms with E-state index in [1.54, 1.807) is 97.1 Å². The Bertz CT molecular complexity index is 1450. The van der Waals surface area contributed by atoms with Gasteiger partial charge in [-0.15, -0.1) is 0 Å². The van der Waals surface area contributed by atoms with Gasteiger partial charge in [-0.05, 0) is 84.9 Å². The molecule has 4 aromatic carbocycles. The van der Waals surface area contributed by atoms with Crippen LogP contribution in [-0.2, 0) is 0 Å². The maximum atomic E-state index is 12.5. The predicted molar refractivity (Wildman–Crippen MR) is 149 cm³/mol. The highest BCUT2D eigenvalue weighted by atomic mass is 79.9. The van der Waals surface area contributed by atoms with E-state index in [4.69, 9.17) is 4.74 Å². The number of esters is 1. The summed E-state index contributed by atoms with van der Waals surface area (Å²) in [5, 5.41) is 6.78. The minimum atomic E-state index is -0.510. The monoisotopic (exact) mass is 619 g/mol. The molecule has 0 atom stereocenters. The van der Waals surface area contributed by atoms with Crippen LogP contribution in [0.2, 0.25) is 0 Å². The summed E-state index contributed by atoms with van der Waals surface area (Å²) in [5.74, 6) is -0.899. The van der Waals surface area contributed by atoms with Gasteiger partial charge in [-0.2, -0.15) is 5.10 Å². The Morgan fingerprint density at radius 2 is 1.22 bits per heavy atom. The van der Waals surface area contributed by atoms with Gasteiger partial charge in [0.1, 0.15) is 5.75 Å². The first-order valence-corrected chi connectivity index (χ1v) is 12.5. The number of benzene rings is 4. The Labute approximate surface area is 229 Å². The highest BCUT2D eigenvalue weighted by Crippen LogP contribution is 2.19. The van der Waals surface area contributed by atoms with E-state index in [9.17, 15) is 14.4 Å². The molecule has 0 heterocycles. The number of halogens is 2. The molecule has 0 aliphatic rings. The first-order valence-electron chi connectivity index (χ1n) is 11.0. The van der Waals surface area contributed by atoms with Crippen LogP contribution in [0, 0.1) is 0 Å². The van der Waals surface area contributed by atoms with Gasteiger partial charge in [0.15, 0.2) is 0 Å². The Morgan fingerprint density at radius 3 is 1.86 bits per heavy atom. The minimum Gasteiger partial charge on any atom is -0.422 e. The molecular weight excluding hydrogens is 602 g/mol. The van der Waals surface area contributed by atoms with Gasteiger partial charge in [-0.25, -0.2) is 10.2 Å². The molecule has 0 unspecified atom stereocenters. The van der Waals surface area contributed by atoms with E-state index in [0.29, 0.717) is 33.7 Å². The van der Waals surface area contributed by atoms with Crippen molar-refractivity contribution < 1.29 is 19.1 Å². The van der Waals surface area contributed by atoms with Crippen molar-refractivity contribution in [3.63, 3.8) is 0 Å². The van der Waals surface area contributed by atoms with E-state index < -0.39 is 11.9 Å². The summed E-state index contributed by atoms with van der Waals surface area (Å²) in [6, 6.07) is 27.1. The summed E-state index contributed by atoms with van der Waals surface area (Å²) in [5.41, 5.74) is 4.79. The molecular formula is C28H19Br2N3O4. The molecule has 184 valence electrons. The molecule has 9 heteroatoms. The molecule has 0 saturated heterocycles. The van der Waals surface area contributed by atoms with Gasteiger partial charge in [-0.3, -0.25) is 9.59 Å². The van der Waals surface area contributed by atoms with Crippen molar-refractivity contribution in [1.82, 2.24) is 5.43 Å². The van der Waals surface area contributed by atoms with Gasteiger partial charge in [0.05, 0.1) is 11.8 Å². The lowest BCUT2D eigenvalue weighted by Gasteiger charge is -2.08. The SMILES string of the molecule is O=C(N/N=C\c1ccccc1OC(=O)c1ccc(Br)cc1)c1ccc(NC(=O)c2ccc(Br)cc2)cc1. The number of carbonyl (C=O) groups is 3. The third-order valence-electron chi connectivity index (χ3n) is 5.08. The smallest absolute Gasteiger partial charge is 0.343 e. The van der Waals surface area contributed by atoms with Crippen LogP contribution in [0.25, 0.3) is 0 Å². The predicted octanol–water partition coefficient (Wildman–Crippen LogP) is 6.45. The molecule has 2 amide bonds. The fourth-order valence-electron chi connectivity index (χ4n) is 3.16. The zero-order valence-corrected chi connectivity index (χ0v) is 22.3. The van der Waals surface area contributed by atoms with Crippen LogP contribution in [0.5, 0.6) is 5.75 Å². The van der Waals surface area contributed by atoms with Gasteiger partial charge in [-0.1, -0.05) is 44.0 Å². The number of carbonyl (C=O) groups excluding carboxylic acids is 3. The van der Waals surface area contributed by atoms with Crippen LogP contribution < -0.4 is 15.5 Å². The molecule has 4 rings (SSSR count). The van der Waals surface area contributed by atoms with Crippen molar-refractivity contribution in [1.29, 1.82) is 0 Å². The molecule has 7 nitrogen and oxygen atoms in total. The lowest BCUT2D eigenvalue weighted by molar-refractivity contribution is 0.0734. The number of hydrazone groups is 1. The number of ether oxygens (including phenoxy) is 1. The number of hydrogen-bond donors (Lipinski definition) is 2. The highest BCUT2D eigenvalue weighted by molar-refractivity contribution is 9.10. The third kappa shape index (κ3) is 7.22. The molecule has 37 heavy (non-hydrogen) atoms. The van der Waals surface area contributed by atoms with E-state index in [-0.39, 0.29) is 5.91 Å². The van der Waals surface area contributed by atoms with Crippen LogP contribution in [-0.4, -0.2) is 24.0 Å². The molecule has 0 bridgehead atoms. The number of para-hydroxylation sites is 1. The number of anilines is 1. The summed E-state index contributed by atoms with van der Waals surface area (Å²) in [6.45, 7) is 0. The van der Waals surface area contributed by atoms with Crippen molar-refractivity contribution >= 4 is 61.5 Å². The van der Waals surface area contributed by atoms with Crippen molar-refractivity contribution in [3.8, 4) is 5.75 Å². The molecule has 0 radical (unpaired) electrons. The number of amides is 2. The van der Waals surface area contributed by atoms with Crippen LogP contribution in [0.4, 0.5) is 5.69 Å². The molecule has 4 aromatic rings. The van der Waals surface area contributed by atoms with Crippen LogP contribution in [0.3, 0.4) is 0 Å². The zero-order valence-electron chi connectivity index (χ0n) is 19.2. The Morgan fingerprint density at radius 1 is 0.676 bits per heavy atom. The van der Waals surface area contributed by atoms with Crippen molar-refractivity contribution in [2.45, 2.75) is 0 Å². The number of nitrogens with zero attached hydrogens (tertiary/aromatic N) is 1. The van der Waals surface area contributed by atoms with Gasteiger partial charge >= 0.3 is 5.97 Å². The Hall–Kier alpha value is -4.08. The number of rotatable bonds is 7. The third-order valence-corrected chi connectivity index (χ3v) is 6.14. The molecule has 0 spiro atoms. The molecule has 0 aliphatic carbocycles. The van der Waals surface area contributed by atoms with Crippen LogP contribution >= 0.6 is 31.9 Å². The zero-order chi connectivity index (χ0) is 26.2. The second-order valence-electron chi connectivity index (χ2n) is 7.67. The van der Waals surface area contributed by atoms with E-state index >= 15 is 0 Å². The first-order chi connectivity index (χ1) is 17.9.